The van der Waals surface area contributed by atoms with E-state index in [1.807, 2.05) is 0 Å². The van der Waals surface area contributed by atoms with E-state index in [2.05, 4.69) is 15.6 Å². The van der Waals surface area contributed by atoms with Crippen LogP contribution in [0.4, 0.5) is 5.13 Å². The van der Waals surface area contributed by atoms with E-state index >= 15 is 0 Å². The number of nitrogens with one attached hydrogen (secondary N) is 3. The molecule has 136 valence electrons. The maximum atomic E-state index is 12.3. The Morgan fingerprint density at radius 1 is 1.16 bits per heavy atom. The van der Waals surface area contributed by atoms with Crippen molar-refractivity contribution in [1.29, 1.82) is 0 Å². The maximum absolute atomic E-state index is 12.3. The first-order chi connectivity index (χ1) is 12.0. The summed E-state index contributed by atoms with van der Waals surface area (Å²) in [6.07, 6.45) is 7.79. The lowest BCUT2D eigenvalue weighted by molar-refractivity contribution is -0.128. The molecule has 4 N–H and O–H groups in total. The molecule has 0 aromatic carbocycles. The number of rotatable bonds is 6. The van der Waals surface area contributed by atoms with Gasteiger partial charge in [0.25, 0.3) is 0 Å². The molecule has 4 bridgehead atoms. The second-order valence-electron chi connectivity index (χ2n) is 7.96. The van der Waals surface area contributed by atoms with Crippen LogP contribution in [0.5, 0.6) is 0 Å². The van der Waals surface area contributed by atoms with Crippen molar-refractivity contribution in [2.24, 2.45) is 17.8 Å². The molecule has 4 aliphatic rings. The van der Waals surface area contributed by atoms with Crippen LogP contribution in [0.2, 0.25) is 0 Å². The molecule has 0 unspecified atom stereocenters. The number of nitrogens with zero attached hydrogens (tertiary/aromatic N) is 1. The van der Waals surface area contributed by atoms with Crippen molar-refractivity contribution in [2.75, 3.05) is 11.9 Å². The SMILES string of the molecule is O=C(Cc1csc(NC(=O)CNC23CC4CC(CC(C4)C2)C3)n1)NO. The van der Waals surface area contributed by atoms with Crippen LogP contribution >= 0.6 is 11.3 Å². The molecule has 1 aromatic rings. The number of anilines is 1. The van der Waals surface area contributed by atoms with Crippen molar-refractivity contribution in [1.82, 2.24) is 15.8 Å². The molecule has 0 spiro atoms. The van der Waals surface area contributed by atoms with Crippen LogP contribution in [0.3, 0.4) is 0 Å². The van der Waals surface area contributed by atoms with Crippen LogP contribution in [0.15, 0.2) is 5.38 Å². The average Bonchev–Trinajstić information content (AvgIpc) is 2.98. The highest BCUT2D eigenvalue weighted by Crippen LogP contribution is 2.55. The van der Waals surface area contributed by atoms with E-state index < -0.39 is 5.91 Å². The van der Waals surface area contributed by atoms with Gasteiger partial charge in [-0.3, -0.25) is 14.8 Å². The van der Waals surface area contributed by atoms with E-state index in [0.29, 0.717) is 17.4 Å². The van der Waals surface area contributed by atoms with Gasteiger partial charge in [-0.15, -0.1) is 11.3 Å². The predicted molar refractivity (Wildman–Crippen MR) is 93.3 cm³/mol. The number of amides is 2. The summed E-state index contributed by atoms with van der Waals surface area (Å²) in [4.78, 5) is 27.6. The zero-order chi connectivity index (χ0) is 17.4. The van der Waals surface area contributed by atoms with Gasteiger partial charge in [0.05, 0.1) is 18.7 Å². The van der Waals surface area contributed by atoms with Crippen LogP contribution in [0.1, 0.15) is 44.2 Å². The lowest BCUT2D eigenvalue weighted by Gasteiger charge is -2.57. The second-order valence-corrected chi connectivity index (χ2v) is 8.81. The third kappa shape index (κ3) is 3.70. The van der Waals surface area contributed by atoms with Crippen LogP contribution in [0.25, 0.3) is 0 Å². The molecular formula is C17H24N4O3S. The molecule has 7 nitrogen and oxygen atoms in total. The summed E-state index contributed by atoms with van der Waals surface area (Å²) >= 11 is 1.28. The Kier molecular flexibility index (Phi) is 4.51. The lowest BCUT2D eigenvalue weighted by atomic mass is 9.53. The summed E-state index contributed by atoms with van der Waals surface area (Å²) < 4.78 is 0. The summed E-state index contributed by atoms with van der Waals surface area (Å²) in [5.41, 5.74) is 2.27. The number of hydrogen-bond donors (Lipinski definition) is 4. The molecule has 4 fully saturated rings. The van der Waals surface area contributed by atoms with Gasteiger partial charge in [-0.25, -0.2) is 10.5 Å². The smallest absolute Gasteiger partial charge is 0.249 e. The molecule has 0 atom stereocenters. The first kappa shape index (κ1) is 16.9. The van der Waals surface area contributed by atoms with Gasteiger partial charge in [0.1, 0.15) is 0 Å². The van der Waals surface area contributed by atoms with Gasteiger partial charge in [-0.1, -0.05) is 0 Å². The Morgan fingerprint density at radius 2 is 1.80 bits per heavy atom. The number of thiazole rings is 1. The molecule has 8 heteroatoms. The Balaban J connectivity index is 1.29. The van der Waals surface area contributed by atoms with Crippen molar-refractivity contribution in [3.8, 4) is 0 Å². The van der Waals surface area contributed by atoms with Gasteiger partial charge in [0.2, 0.25) is 11.8 Å². The monoisotopic (exact) mass is 364 g/mol. The van der Waals surface area contributed by atoms with Crippen molar-refractivity contribution in [3.63, 3.8) is 0 Å². The fraction of sp³-hybridized carbons (Fsp3) is 0.706. The fourth-order valence-corrected chi connectivity index (χ4v) is 6.13. The highest BCUT2D eigenvalue weighted by molar-refractivity contribution is 7.13. The summed E-state index contributed by atoms with van der Waals surface area (Å²) in [6.45, 7) is 0.304. The van der Waals surface area contributed by atoms with Gasteiger partial charge in [-0.05, 0) is 56.3 Å². The average molecular weight is 364 g/mol. The van der Waals surface area contributed by atoms with Crippen molar-refractivity contribution >= 4 is 28.3 Å². The molecule has 0 radical (unpaired) electrons. The van der Waals surface area contributed by atoms with E-state index in [4.69, 9.17) is 5.21 Å². The minimum absolute atomic E-state index is 0.00556. The quantitative estimate of drug-likeness (QED) is 0.454. The van der Waals surface area contributed by atoms with E-state index in [1.54, 1.807) is 10.9 Å². The Hall–Kier alpha value is -1.51. The molecule has 1 heterocycles. The van der Waals surface area contributed by atoms with Crippen LogP contribution in [0, 0.1) is 17.8 Å². The molecule has 4 aliphatic carbocycles. The normalized spacial score (nSPS) is 32.6. The molecule has 1 aromatic heterocycles. The Labute approximate surface area is 150 Å². The minimum Gasteiger partial charge on any atom is -0.303 e. The minimum atomic E-state index is -0.522. The maximum Gasteiger partial charge on any atom is 0.249 e. The van der Waals surface area contributed by atoms with Crippen molar-refractivity contribution in [2.45, 2.75) is 50.5 Å². The van der Waals surface area contributed by atoms with Gasteiger partial charge < -0.3 is 10.6 Å². The Morgan fingerprint density at radius 3 is 2.40 bits per heavy atom. The third-order valence-corrected chi connectivity index (χ3v) is 6.73. The summed E-state index contributed by atoms with van der Waals surface area (Å²) in [6, 6.07) is 0. The fourth-order valence-electron chi connectivity index (χ4n) is 5.41. The zero-order valence-corrected chi connectivity index (χ0v) is 14.9. The van der Waals surface area contributed by atoms with Gasteiger partial charge >= 0.3 is 0 Å². The van der Waals surface area contributed by atoms with Gasteiger partial charge in [-0.2, -0.15) is 0 Å². The molecule has 0 aliphatic heterocycles. The number of hydrogen-bond acceptors (Lipinski definition) is 6. The van der Waals surface area contributed by atoms with Gasteiger partial charge in [0.15, 0.2) is 5.13 Å². The summed E-state index contributed by atoms with van der Waals surface area (Å²) in [5, 5.41) is 17.1. The van der Waals surface area contributed by atoms with E-state index in [9.17, 15) is 9.59 Å². The number of hydroxylamine groups is 1. The predicted octanol–water partition coefficient (Wildman–Crippen LogP) is 1.69. The Bertz CT molecular complexity index is 639. The number of carbonyl (C=O) groups is 2. The van der Waals surface area contributed by atoms with Crippen molar-refractivity contribution in [3.05, 3.63) is 11.1 Å². The summed E-state index contributed by atoms with van der Waals surface area (Å²) in [5.74, 6) is 1.93. The lowest BCUT2D eigenvalue weighted by Crippen LogP contribution is -2.59. The van der Waals surface area contributed by atoms with Crippen LogP contribution < -0.4 is 16.1 Å². The van der Waals surface area contributed by atoms with Gasteiger partial charge in [0, 0.05) is 10.9 Å². The van der Waals surface area contributed by atoms with Crippen LogP contribution in [-0.2, 0) is 16.0 Å². The zero-order valence-electron chi connectivity index (χ0n) is 14.1. The first-order valence-electron chi connectivity index (χ1n) is 8.96. The molecule has 4 saturated carbocycles. The molecule has 2 amide bonds. The van der Waals surface area contributed by atoms with Crippen molar-refractivity contribution < 1.29 is 14.8 Å². The largest absolute Gasteiger partial charge is 0.303 e. The topological polar surface area (TPSA) is 103 Å². The van der Waals surface area contributed by atoms with E-state index in [1.165, 1.54) is 49.9 Å². The highest BCUT2D eigenvalue weighted by atomic mass is 32.1. The molecule has 0 saturated heterocycles. The van der Waals surface area contributed by atoms with E-state index in [-0.39, 0.29) is 17.9 Å². The molecule has 25 heavy (non-hydrogen) atoms. The molecule has 5 rings (SSSR count). The van der Waals surface area contributed by atoms with E-state index in [0.717, 1.165) is 17.8 Å². The standard InChI is InChI=1S/C17H24N4O3S/c22-14(21-24)4-13-9-25-16(19-13)20-15(23)8-18-17-5-10-1-11(6-17)3-12(2-10)7-17/h9-12,18,24H,1-8H2,(H,21,22)(H,19,20,23). The second kappa shape index (κ2) is 6.66. The number of aromatic nitrogens is 1. The highest BCUT2D eigenvalue weighted by Gasteiger charge is 2.50. The summed E-state index contributed by atoms with van der Waals surface area (Å²) in [7, 11) is 0. The van der Waals surface area contributed by atoms with Crippen LogP contribution in [-0.4, -0.2) is 34.1 Å². The molecular weight excluding hydrogens is 340 g/mol. The number of carbonyl (C=O) groups excluding carboxylic acids is 2. The first-order valence-corrected chi connectivity index (χ1v) is 9.84. The third-order valence-electron chi connectivity index (χ3n) is 5.93.